The van der Waals surface area contributed by atoms with Gasteiger partial charge < -0.3 is 0 Å². The summed E-state index contributed by atoms with van der Waals surface area (Å²) in [6.07, 6.45) is 4.98. The van der Waals surface area contributed by atoms with Crippen LogP contribution in [0.1, 0.15) is 37.6 Å². The number of hydrogen-bond donors (Lipinski definition) is 0. The molecule has 0 bridgehead atoms. The number of aryl methyl sites for hydroxylation is 2. The molecule has 0 N–H and O–H groups in total. The van der Waals surface area contributed by atoms with Gasteiger partial charge in [0.2, 0.25) is 0 Å². The molecule has 0 aliphatic heterocycles. The molecule has 1 aliphatic rings. The predicted molar refractivity (Wildman–Crippen MR) is 68.3 cm³/mol. The topological polar surface area (TPSA) is 34.9 Å². The SMILES string of the molecule is CCn1nc(C)c(Cl)c1CC1=CCC(=O)CC1. The standard InChI is InChI=1S/C13H17ClN2O/c1-3-16-12(13(14)9(2)15-16)8-10-4-6-11(17)7-5-10/h4H,3,5-8H2,1-2H3. The molecule has 0 amide bonds. The number of carbonyl (C=O) groups excluding carboxylic acids is 1. The number of rotatable bonds is 3. The van der Waals surface area contributed by atoms with Gasteiger partial charge in [-0.25, -0.2) is 0 Å². The summed E-state index contributed by atoms with van der Waals surface area (Å²) in [5, 5.41) is 5.17. The van der Waals surface area contributed by atoms with Gasteiger partial charge in [0.05, 0.1) is 16.4 Å². The van der Waals surface area contributed by atoms with Crippen molar-refractivity contribution in [2.24, 2.45) is 0 Å². The van der Waals surface area contributed by atoms with Crippen LogP contribution < -0.4 is 0 Å². The molecular formula is C13H17ClN2O. The molecule has 0 atom stereocenters. The number of hydrogen-bond acceptors (Lipinski definition) is 2. The zero-order valence-corrected chi connectivity index (χ0v) is 11.0. The van der Waals surface area contributed by atoms with E-state index in [1.54, 1.807) is 0 Å². The first-order chi connectivity index (χ1) is 8.11. The molecule has 1 heterocycles. The van der Waals surface area contributed by atoms with E-state index in [4.69, 9.17) is 11.6 Å². The molecule has 1 aliphatic carbocycles. The molecule has 0 saturated carbocycles. The quantitative estimate of drug-likeness (QED) is 0.775. The second-order valence-electron chi connectivity index (χ2n) is 4.44. The van der Waals surface area contributed by atoms with E-state index >= 15 is 0 Å². The van der Waals surface area contributed by atoms with Gasteiger partial charge in [0.15, 0.2) is 0 Å². The second-order valence-corrected chi connectivity index (χ2v) is 4.82. The summed E-state index contributed by atoms with van der Waals surface area (Å²) in [7, 11) is 0. The van der Waals surface area contributed by atoms with Crippen LogP contribution in [0, 0.1) is 6.92 Å². The van der Waals surface area contributed by atoms with E-state index in [0.29, 0.717) is 18.6 Å². The monoisotopic (exact) mass is 252 g/mol. The Balaban J connectivity index is 2.21. The third-order valence-corrected chi connectivity index (χ3v) is 3.68. The van der Waals surface area contributed by atoms with Crippen LogP contribution in [0.25, 0.3) is 0 Å². The number of nitrogens with zero attached hydrogens (tertiary/aromatic N) is 2. The number of allylic oxidation sites excluding steroid dienone is 2. The lowest BCUT2D eigenvalue weighted by Gasteiger charge is -2.13. The molecule has 1 aromatic rings. The molecule has 92 valence electrons. The van der Waals surface area contributed by atoms with Crippen molar-refractivity contribution in [2.45, 2.75) is 46.1 Å². The Morgan fingerprint density at radius 3 is 2.82 bits per heavy atom. The number of halogens is 1. The molecule has 3 nitrogen and oxygen atoms in total. The van der Waals surface area contributed by atoms with E-state index in [0.717, 1.165) is 35.8 Å². The Hall–Kier alpha value is -1.09. The minimum atomic E-state index is 0.333. The largest absolute Gasteiger partial charge is 0.299 e. The first-order valence-electron chi connectivity index (χ1n) is 6.03. The zero-order valence-electron chi connectivity index (χ0n) is 10.3. The average molecular weight is 253 g/mol. The highest BCUT2D eigenvalue weighted by molar-refractivity contribution is 6.31. The summed E-state index contributed by atoms with van der Waals surface area (Å²) in [6, 6.07) is 0. The van der Waals surface area contributed by atoms with Crippen LogP contribution in [0.5, 0.6) is 0 Å². The lowest BCUT2D eigenvalue weighted by Crippen LogP contribution is -2.09. The lowest BCUT2D eigenvalue weighted by molar-refractivity contribution is -0.118. The summed E-state index contributed by atoms with van der Waals surface area (Å²) in [4.78, 5) is 11.2. The summed E-state index contributed by atoms with van der Waals surface area (Å²) in [6.45, 7) is 4.82. The number of Topliss-reactive ketones (excluding diaryl/α,β-unsaturated/α-hetero) is 1. The molecule has 0 radical (unpaired) electrons. The molecule has 17 heavy (non-hydrogen) atoms. The third kappa shape index (κ3) is 2.60. The van der Waals surface area contributed by atoms with Crippen molar-refractivity contribution in [3.8, 4) is 0 Å². The van der Waals surface area contributed by atoms with Crippen molar-refractivity contribution in [3.63, 3.8) is 0 Å². The maximum absolute atomic E-state index is 11.2. The highest BCUT2D eigenvalue weighted by atomic mass is 35.5. The smallest absolute Gasteiger partial charge is 0.136 e. The van der Waals surface area contributed by atoms with Gasteiger partial charge >= 0.3 is 0 Å². The molecule has 2 rings (SSSR count). The van der Waals surface area contributed by atoms with E-state index in [-0.39, 0.29) is 0 Å². The van der Waals surface area contributed by atoms with Crippen molar-refractivity contribution >= 4 is 17.4 Å². The number of ketones is 1. The third-order valence-electron chi connectivity index (χ3n) is 3.19. The normalized spacial score (nSPS) is 16.2. The van der Waals surface area contributed by atoms with Crippen LogP contribution in [0.4, 0.5) is 0 Å². The Kier molecular flexibility index (Phi) is 3.67. The van der Waals surface area contributed by atoms with Crippen molar-refractivity contribution < 1.29 is 4.79 Å². The van der Waals surface area contributed by atoms with E-state index in [2.05, 4.69) is 12.0 Å². The van der Waals surface area contributed by atoms with Crippen LogP contribution in [0.3, 0.4) is 0 Å². The molecule has 0 fully saturated rings. The van der Waals surface area contributed by atoms with Crippen LogP contribution in [0.2, 0.25) is 5.02 Å². The van der Waals surface area contributed by atoms with E-state index in [9.17, 15) is 4.79 Å². The maximum atomic E-state index is 11.2. The van der Waals surface area contributed by atoms with Gasteiger partial charge in [-0.3, -0.25) is 9.48 Å². The van der Waals surface area contributed by atoms with Crippen LogP contribution in [-0.4, -0.2) is 15.6 Å². The van der Waals surface area contributed by atoms with Gasteiger partial charge in [-0.2, -0.15) is 5.10 Å². The molecule has 0 aromatic carbocycles. The van der Waals surface area contributed by atoms with Crippen LogP contribution in [-0.2, 0) is 17.8 Å². The number of carbonyl (C=O) groups is 1. The summed E-state index contributed by atoms with van der Waals surface area (Å²) in [5.74, 6) is 0.333. The van der Waals surface area contributed by atoms with E-state index < -0.39 is 0 Å². The summed E-state index contributed by atoms with van der Waals surface area (Å²) >= 11 is 6.26. The van der Waals surface area contributed by atoms with Crippen molar-refractivity contribution in [1.82, 2.24) is 9.78 Å². The maximum Gasteiger partial charge on any atom is 0.136 e. The van der Waals surface area contributed by atoms with Gasteiger partial charge in [0, 0.05) is 25.8 Å². The highest BCUT2D eigenvalue weighted by Gasteiger charge is 2.16. The van der Waals surface area contributed by atoms with Gasteiger partial charge in [-0.15, -0.1) is 0 Å². The molecule has 0 saturated heterocycles. The predicted octanol–water partition coefficient (Wildman–Crippen LogP) is 3.09. The molecular weight excluding hydrogens is 236 g/mol. The molecule has 1 aromatic heterocycles. The fourth-order valence-electron chi connectivity index (χ4n) is 2.18. The molecule has 0 unspecified atom stereocenters. The fraction of sp³-hybridized carbons (Fsp3) is 0.538. The van der Waals surface area contributed by atoms with Gasteiger partial charge in [0.25, 0.3) is 0 Å². The van der Waals surface area contributed by atoms with Crippen LogP contribution in [0.15, 0.2) is 11.6 Å². The van der Waals surface area contributed by atoms with Crippen molar-refractivity contribution in [2.75, 3.05) is 0 Å². The summed E-state index contributed by atoms with van der Waals surface area (Å²) in [5.41, 5.74) is 3.27. The number of aromatic nitrogens is 2. The molecule has 4 heteroatoms. The second kappa shape index (κ2) is 5.05. The zero-order chi connectivity index (χ0) is 12.4. The fourth-order valence-corrected chi connectivity index (χ4v) is 2.38. The Morgan fingerprint density at radius 2 is 2.24 bits per heavy atom. The van der Waals surface area contributed by atoms with Crippen LogP contribution >= 0.6 is 11.6 Å². The van der Waals surface area contributed by atoms with Gasteiger partial charge in [0.1, 0.15) is 5.78 Å². The first-order valence-corrected chi connectivity index (χ1v) is 6.41. The van der Waals surface area contributed by atoms with Crippen molar-refractivity contribution in [3.05, 3.63) is 28.1 Å². The highest BCUT2D eigenvalue weighted by Crippen LogP contribution is 2.26. The Bertz CT molecular complexity index is 474. The Labute approximate surface area is 106 Å². The van der Waals surface area contributed by atoms with Crippen molar-refractivity contribution in [1.29, 1.82) is 0 Å². The minimum Gasteiger partial charge on any atom is -0.299 e. The molecule has 0 spiro atoms. The first kappa shape index (κ1) is 12.4. The summed E-state index contributed by atoms with van der Waals surface area (Å²) < 4.78 is 1.95. The van der Waals surface area contributed by atoms with Gasteiger partial charge in [-0.05, 0) is 20.3 Å². The average Bonchev–Trinajstić information content (AvgIpc) is 2.59. The van der Waals surface area contributed by atoms with E-state index in [1.165, 1.54) is 5.57 Å². The lowest BCUT2D eigenvalue weighted by atomic mass is 9.95. The minimum absolute atomic E-state index is 0.333. The van der Waals surface area contributed by atoms with E-state index in [1.807, 2.05) is 17.7 Å². The van der Waals surface area contributed by atoms with Gasteiger partial charge in [-0.1, -0.05) is 23.3 Å². The Morgan fingerprint density at radius 1 is 1.47 bits per heavy atom.